The zero-order valence-corrected chi connectivity index (χ0v) is 13.1. The molecule has 1 atom stereocenters. The van der Waals surface area contributed by atoms with Gasteiger partial charge < -0.3 is 5.32 Å². The molecule has 0 aliphatic carbocycles. The highest BCUT2D eigenvalue weighted by molar-refractivity contribution is 9.10. The van der Waals surface area contributed by atoms with Gasteiger partial charge >= 0.3 is 0 Å². The monoisotopic (exact) mass is 346 g/mol. The van der Waals surface area contributed by atoms with E-state index in [1.54, 1.807) is 10.6 Å². The minimum atomic E-state index is -0.528. The smallest absolute Gasteiger partial charge is 0.266 e. The fourth-order valence-corrected chi connectivity index (χ4v) is 2.87. The van der Waals surface area contributed by atoms with Gasteiger partial charge in [0.2, 0.25) is 0 Å². The second-order valence-corrected chi connectivity index (χ2v) is 5.79. The zero-order valence-electron chi connectivity index (χ0n) is 11.5. The van der Waals surface area contributed by atoms with Crippen molar-refractivity contribution in [1.82, 2.24) is 4.57 Å². The minimum Gasteiger partial charge on any atom is -0.337 e. The van der Waals surface area contributed by atoms with Gasteiger partial charge in [0.25, 0.3) is 5.56 Å². The number of nitrogens with zero attached hydrogens (tertiary/aromatic N) is 2. The fourth-order valence-electron chi connectivity index (χ4n) is 2.43. The van der Waals surface area contributed by atoms with E-state index in [0.29, 0.717) is 16.8 Å². The van der Waals surface area contributed by atoms with E-state index in [0.717, 1.165) is 16.8 Å². The largest absolute Gasteiger partial charge is 0.337 e. The molecule has 21 heavy (non-hydrogen) atoms. The van der Waals surface area contributed by atoms with Crippen LogP contribution in [0.4, 0.5) is 5.82 Å². The second-order valence-electron chi connectivity index (χ2n) is 4.94. The van der Waals surface area contributed by atoms with Crippen LogP contribution >= 0.6 is 15.9 Å². The van der Waals surface area contributed by atoms with Crippen molar-refractivity contribution >= 4 is 27.5 Å². The molecule has 2 aromatic rings. The lowest BCUT2D eigenvalue weighted by Gasteiger charge is -2.25. The number of nitrogens with one attached hydrogen (secondary N) is 1. The Morgan fingerprint density at radius 2 is 2.10 bits per heavy atom. The number of pyridine rings is 1. The van der Waals surface area contributed by atoms with Crippen LogP contribution in [0.2, 0.25) is 0 Å². The van der Waals surface area contributed by atoms with Crippen LogP contribution in [0.1, 0.15) is 18.1 Å². The number of fused-ring (bicyclic) bond motifs is 1. The summed E-state index contributed by atoms with van der Waals surface area (Å²) in [6.45, 7) is 2.37. The Hall–Kier alpha value is -1.92. The van der Waals surface area contributed by atoms with Crippen LogP contribution in [0.25, 0.3) is 0 Å². The van der Waals surface area contributed by atoms with Gasteiger partial charge in [0, 0.05) is 11.3 Å². The molecule has 0 spiro atoms. The zero-order chi connectivity index (χ0) is 15.0. The molecule has 5 nitrogen and oxygen atoms in total. The van der Waals surface area contributed by atoms with E-state index in [4.69, 9.17) is 5.73 Å². The summed E-state index contributed by atoms with van der Waals surface area (Å²) in [4.78, 5) is 16.7. The molecule has 6 heteroatoms. The van der Waals surface area contributed by atoms with Crippen molar-refractivity contribution in [2.45, 2.75) is 19.8 Å². The number of aromatic nitrogens is 1. The molecule has 1 aromatic carbocycles. The van der Waals surface area contributed by atoms with Crippen molar-refractivity contribution < 1.29 is 0 Å². The van der Waals surface area contributed by atoms with Crippen molar-refractivity contribution in [2.24, 2.45) is 10.7 Å². The van der Waals surface area contributed by atoms with E-state index in [-0.39, 0.29) is 5.56 Å². The lowest BCUT2D eigenvalue weighted by molar-refractivity contribution is 0.715. The molecule has 1 aliphatic rings. The molecule has 1 unspecified atom stereocenters. The van der Waals surface area contributed by atoms with Gasteiger partial charge in [0.1, 0.15) is 5.82 Å². The Bertz CT molecular complexity index is 767. The van der Waals surface area contributed by atoms with Gasteiger partial charge in [-0.1, -0.05) is 30.3 Å². The highest BCUT2D eigenvalue weighted by atomic mass is 79.9. The van der Waals surface area contributed by atoms with Gasteiger partial charge in [-0.3, -0.25) is 20.1 Å². The van der Waals surface area contributed by atoms with Crippen molar-refractivity contribution in [3.05, 3.63) is 62.4 Å². The minimum absolute atomic E-state index is 0.0907. The Morgan fingerprint density at radius 1 is 1.38 bits per heavy atom. The molecule has 0 saturated carbocycles. The van der Waals surface area contributed by atoms with Crippen molar-refractivity contribution in [3.8, 4) is 0 Å². The highest BCUT2D eigenvalue weighted by Gasteiger charge is 2.21. The first kappa shape index (κ1) is 14.0. The average molecular weight is 347 g/mol. The summed E-state index contributed by atoms with van der Waals surface area (Å²) < 4.78 is 2.20. The first-order chi connectivity index (χ1) is 10.1. The Balaban J connectivity index is 2.16. The standard InChI is InChI=1S/C15H15BrN4O/c1-9-11-7-12(16)14(21)20(13(11)19-15(17)18-9)8-10-5-3-2-4-6-10/h2-7,15,19H,8,17H2,1H3. The van der Waals surface area contributed by atoms with Crippen LogP contribution in [0.15, 0.2) is 50.7 Å². The normalized spacial score (nSPS) is 16.9. The molecule has 2 heterocycles. The van der Waals surface area contributed by atoms with Gasteiger partial charge in [0.15, 0.2) is 6.29 Å². The quantitative estimate of drug-likeness (QED) is 0.874. The van der Waals surface area contributed by atoms with Gasteiger partial charge in [-0.15, -0.1) is 0 Å². The maximum Gasteiger partial charge on any atom is 0.266 e. The molecule has 1 aliphatic heterocycles. The van der Waals surface area contributed by atoms with Crippen LogP contribution in [-0.2, 0) is 6.54 Å². The summed E-state index contributed by atoms with van der Waals surface area (Å²) in [5, 5.41) is 3.08. The maximum absolute atomic E-state index is 12.5. The number of aliphatic imine (C=N–C) groups is 1. The van der Waals surface area contributed by atoms with E-state index >= 15 is 0 Å². The predicted octanol–water partition coefficient (Wildman–Crippen LogP) is 2.14. The first-order valence-corrected chi connectivity index (χ1v) is 7.39. The predicted molar refractivity (Wildman–Crippen MR) is 87.8 cm³/mol. The van der Waals surface area contributed by atoms with Crippen LogP contribution in [-0.4, -0.2) is 16.6 Å². The van der Waals surface area contributed by atoms with Crippen molar-refractivity contribution in [1.29, 1.82) is 0 Å². The molecular weight excluding hydrogens is 332 g/mol. The molecule has 0 amide bonds. The first-order valence-electron chi connectivity index (χ1n) is 6.60. The molecule has 108 valence electrons. The fraction of sp³-hybridized carbons (Fsp3) is 0.200. The maximum atomic E-state index is 12.5. The lowest BCUT2D eigenvalue weighted by Crippen LogP contribution is -2.37. The molecule has 3 N–H and O–H groups in total. The SMILES string of the molecule is CC1=NC(N)Nc2c1cc(Br)c(=O)n2Cc1ccccc1. The third-order valence-electron chi connectivity index (χ3n) is 3.44. The lowest BCUT2D eigenvalue weighted by atomic mass is 10.1. The van der Waals surface area contributed by atoms with Crippen LogP contribution in [0, 0.1) is 0 Å². The summed E-state index contributed by atoms with van der Waals surface area (Å²) >= 11 is 3.33. The highest BCUT2D eigenvalue weighted by Crippen LogP contribution is 2.23. The van der Waals surface area contributed by atoms with Crippen LogP contribution < -0.4 is 16.6 Å². The summed E-state index contributed by atoms with van der Waals surface area (Å²) in [5.41, 5.74) is 8.53. The van der Waals surface area contributed by atoms with E-state index in [2.05, 4.69) is 26.2 Å². The van der Waals surface area contributed by atoms with Gasteiger partial charge in [-0.05, 0) is 34.5 Å². The molecule has 3 rings (SSSR count). The number of halogens is 1. The Labute approximate surface area is 130 Å². The second kappa shape index (κ2) is 5.46. The topological polar surface area (TPSA) is 72.4 Å². The molecule has 0 saturated heterocycles. The molecule has 0 fully saturated rings. The number of rotatable bonds is 2. The Kier molecular flexibility index (Phi) is 3.65. The molecule has 0 radical (unpaired) electrons. The average Bonchev–Trinajstić information content (AvgIpc) is 2.46. The molecule has 1 aromatic heterocycles. The number of anilines is 1. The molecular formula is C15H15BrN4O. The van der Waals surface area contributed by atoms with E-state index < -0.39 is 6.29 Å². The van der Waals surface area contributed by atoms with Crippen molar-refractivity contribution in [3.63, 3.8) is 0 Å². The third-order valence-corrected chi connectivity index (χ3v) is 4.00. The third kappa shape index (κ3) is 2.64. The van der Waals surface area contributed by atoms with E-state index in [1.165, 1.54) is 0 Å². The number of hydrogen-bond donors (Lipinski definition) is 2. The number of nitrogens with two attached hydrogens (primary N) is 1. The van der Waals surface area contributed by atoms with Crippen LogP contribution in [0.3, 0.4) is 0 Å². The van der Waals surface area contributed by atoms with Crippen LogP contribution in [0.5, 0.6) is 0 Å². The molecule has 0 bridgehead atoms. The summed E-state index contributed by atoms with van der Waals surface area (Å²) in [6, 6.07) is 11.6. The van der Waals surface area contributed by atoms with E-state index in [9.17, 15) is 4.79 Å². The van der Waals surface area contributed by atoms with E-state index in [1.807, 2.05) is 37.3 Å². The van der Waals surface area contributed by atoms with Gasteiger partial charge in [0.05, 0.1) is 11.0 Å². The van der Waals surface area contributed by atoms with Gasteiger partial charge in [-0.25, -0.2) is 0 Å². The van der Waals surface area contributed by atoms with Gasteiger partial charge in [-0.2, -0.15) is 0 Å². The number of hydrogen-bond acceptors (Lipinski definition) is 4. The summed E-state index contributed by atoms with van der Waals surface area (Å²) in [6.07, 6.45) is -0.528. The Morgan fingerprint density at radius 3 is 2.81 bits per heavy atom. The van der Waals surface area contributed by atoms with Crippen molar-refractivity contribution in [2.75, 3.05) is 5.32 Å². The summed E-state index contributed by atoms with van der Waals surface area (Å²) in [7, 11) is 0. The number of benzene rings is 1. The summed E-state index contributed by atoms with van der Waals surface area (Å²) in [5.74, 6) is 0.715.